The van der Waals surface area contributed by atoms with Crippen LogP contribution < -0.4 is 10.1 Å². The van der Waals surface area contributed by atoms with E-state index in [1.165, 1.54) is 12.0 Å². The molecule has 3 rings (SSSR count). The summed E-state index contributed by atoms with van der Waals surface area (Å²) in [7, 11) is 1.63. The number of amides is 2. The van der Waals surface area contributed by atoms with Crippen molar-refractivity contribution in [2.24, 2.45) is 0 Å². The van der Waals surface area contributed by atoms with Crippen LogP contribution in [-0.2, 0) is 29.0 Å². The van der Waals surface area contributed by atoms with E-state index in [0.717, 1.165) is 49.0 Å². The lowest BCUT2D eigenvalue weighted by molar-refractivity contribution is -0.141. The normalized spacial score (nSPS) is 15.0. The minimum Gasteiger partial charge on any atom is -0.497 e. The lowest BCUT2D eigenvalue weighted by Crippen LogP contribution is -2.50. The Balaban J connectivity index is 1.69. The van der Waals surface area contributed by atoms with Gasteiger partial charge in [0.05, 0.1) is 7.11 Å². The van der Waals surface area contributed by atoms with Gasteiger partial charge in [-0.1, -0.05) is 62.6 Å². The molecule has 1 atom stereocenters. The van der Waals surface area contributed by atoms with Crippen molar-refractivity contribution >= 4 is 11.8 Å². The lowest BCUT2D eigenvalue weighted by atomic mass is 9.95. The first-order valence-electron chi connectivity index (χ1n) is 12.3. The van der Waals surface area contributed by atoms with Gasteiger partial charge in [-0.05, 0) is 61.4 Å². The number of carbonyl (C=O) groups excluding carboxylic acids is 2. The van der Waals surface area contributed by atoms with Gasteiger partial charge in [-0.2, -0.15) is 0 Å². The number of methoxy groups -OCH3 is 1. The fourth-order valence-electron chi connectivity index (χ4n) is 4.42. The summed E-state index contributed by atoms with van der Waals surface area (Å²) in [6, 6.07) is 15.8. The molecule has 0 aliphatic heterocycles. The number of aryl methyl sites for hydroxylation is 2. The Bertz CT molecular complexity index is 886. The quantitative estimate of drug-likeness (QED) is 0.551. The summed E-state index contributed by atoms with van der Waals surface area (Å²) < 4.78 is 5.25. The molecule has 33 heavy (non-hydrogen) atoms. The van der Waals surface area contributed by atoms with Crippen molar-refractivity contribution in [1.82, 2.24) is 10.2 Å². The van der Waals surface area contributed by atoms with Crippen LogP contribution in [0.2, 0.25) is 0 Å². The highest BCUT2D eigenvalue weighted by Gasteiger charge is 2.28. The van der Waals surface area contributed by atoms with E-state index in [9.17, 15) is 9.59 Å². The minimum atomic E-state index is -0.524. The molecule has 1 N–H and O–H groups in total. The van der Waals surface area contributed by atoms with Crippen molar-refractivity contribution in [2.45, 2.75) is 83.8 Å². The van der Waals surface area contributed by atoms with Gasteiger partial charge in [0.2, 0.25) is 11.8 Å². The highest BCUT2D eigenvalue weighted by atomic mass is 16.5. The predicted molar refractivity (Wildman–Crippen MR) is 132 cm³/mol. The summed E-state index contributed by atoms with van der Waals surface area (Å²) in [5.41, 5.74) is 3.41. The third-order valence-corrected chi connectivity index (χ3v) is 6.69. The van der Waals surface area contributed by atoms with Gasteiger partial charge in [0, 0.05) is 19.0 Å². The highest BCUT2D eigenvalue weighted by molar-refractivity contribution is 5.87. The molecule has 0 unspecified atom stereocenters. The zero-order valence-electron chi connectivity index (χ0n) is 20.3. The van der Waals surface area contributed by atoms with E-state index in [-0.39, 0.29) is 17.9 Å². The maximum absolute atomic E-state index is 13.3. The van der Waals surface area contributed by atoms with Crippen LogP contribution in [0.1, 0.15) is 69.1 Å². The Labute approximate surface area is 198 Å². The smallest absolute Gasteiger partial charge is 0.242 e. The summed E-state index contributed by atoms with van der Waals surface area (Å²) in [5, 5.41) is 3.19. The van der Waals surface area contributed by atoms with Crippen LogP contribution >= 0.6 is 0 Å². The third-order valence-electron chi connectivity index (χ3n) is 6.69. The SMILES string of the molecule is CCc1ccc(CCC(=O)N(Cc2ccc(OC)cc2)[C@@H](C)C(=O)NC2CCCCC2)cc1. The first-order chi connectivity index (χ1) is 16.0. The molecule has 0 heterocycles. The number of carbonyl (C=O) groups is 2. The summed E-state index contributed by atoms with van der Waals surface area (Å²) in [5.74, 6) is 0.711. The maximum atomic E-state index is 13.3. The van der Waals surface area contributed by atoms with Crippen LogP contribution in [0, 0.1) is 0 Å². The van der Waals surface area contributed by atoms with Crippen LogP contribution in [0.25, 0.3) is 0 Å². The van der Waals surface area contributed by atoms with Crippen LogP contribution in [0.5, 0.6) is 5.75 Å². The average molecular weight is 451 g/mol. The van der Waals surface area contributed by atoms with Gasteiger partial charge in [-0.3, -0.25) is 9.59 Å². The van der Waals surface area contributed by atoms with Gasteiger partial charge in [-0.25, -0.2) is 0 Å². The molecule has 2 aromatic carbocycles. The molecule has 0 radical (unpaired) electrons. The molecule has 0 spiro atoms. The molecule has 0 aromatic heterocycles. The topological polar surface area (TPSA) is 58.6 Å². The zero-order chi connectivity index (χ0) is 23.6. The van der Waals surface area contributed by atoms with Crippen molar-refractivity contribution in [3.8, 4) is 5.75 Å². The van der Waals surface area contributed by atoms with Crippen LogP contribution in [0.15, 0.2) is 48.5 Å². The molecule has 2 aromatic rings. The lowest BCUT2D eigenvalue weighted by Gasteiger charge is -2.31. The second-order valence-corrected chi connectivity index (χ2v) is 9.06. The number of benzene rings is 2. The van der Waals surface area contributed by atoms with Gasteiger partial charge < -0.3 is 15.0 Å². The van der Waals surface area contributed by atoms with Crippen LogP contribution in [0.3, 0.4) is 0 Å². The molecule has 1 aliphatic rings. The third kappa shape index (κ3) is 7.34. The number of ether oxygens (including phenoxy) is 1. The zero-order valence-corrected chi connectivity index (χ0v) is 20.3. The number of nitrogens with one attached hydrogen (secondary N) is 1. The van der Waals surface area contributed by atoms with E-state index < -0.39 is 6.04 Å². The average Bonchev–Trinajstić information content (AvgIpc) is 2.86. The molecular formula is C28H38N2O3. The molecule has 5 heteroatoms. The van der Waals surface area contributed by atoms with Crippen molar-refractivity contribution in [1.29, 1.82) is 0 Å². The summed E-state index contributed by atoms with van der Waals surface area (Å²) in [6.07, 6.45) is 7.65. The maximum Gasteiger partial charge on any atom is 0.242 e. The first-order valence-corrected chi connectivity index (χ1v) is 12.3. The monoisotopic (exact) mass is 450 g/mol. The van der Waals surface area contributed by atoms with E-state index in [2.05, 4.69) is 36.5 Å². The van der Waals surface area contributed by atoms with Gasteiger partial charge in [0.1, 0.15) is 11.8 Å². The molecule has 178 valence electrons. The van der Waals surface area contributed by atoms with Gasteiger partial charge >= 0.3 is 0 Å². The predicted octanol–water partition coefficient (Wildman–Crippen LogP) is 5.06. The van der Waals surface area contributed by atoms with E-state index >= 15 is 0 Å². The van der Waals surface area contributed by atoms with E-state index in [1.807, 2.05) is 31.2 Å². The second-order valence-electron chi connectivity index (χ2n) is 9.06. The molecule has 1 aliphatic carbocycles. The molecule has 1 fully saturated rings. The van der Waals surface area contributed by atoms with Crippen molar-refractivity contribution in [2.75, 3.05) is 7.11 Å². The largest absolute Gasteiger partial charge is 0.497 e. The van der Waals surface area contributed by atoms with Gasteiger partial charge in [0.15, 0.2) is 0 Å². The minimum absolute atomic E-state index is 0.00307. The first kappa shape index (κ1) is 24.8. The van der Waals surface area contributed by atoms with Gasteiger partial charge in [0.25, 0.3) is 0 Å². The van der Waals surface area contributed by atoms with Gasteiger partial charge in [-0.15, -0.1) is 0 Å². The van der Waals surface area contributed by atoms with Crippen molar-refractivity contribution < 1.29 is 14.3 Å². The number of nitrogens with zero attached hydrogens (tertiary/aromatic N) is 1. The fraction of sp³-hybridized carbons (Fsp3) is 0.500. The molecule has 1 saturated carbocycles. The van der Waals surface area contributed by atoms with Crippen LogP contribution in [0.4, 0.5) is 0 Å². The van der Waals surface area contributed by atoms with E-state index in [0.29, 0.717) is 19.4 Å². The Kier molecular flexibility index (Phi) is 9.35. The summed E-state index contributed by atoms with van der Waals surface area (Å²) >= 11 is 0. The van der Waals surface area contributed by atoms with Crippen LogP contribution in [-0.4, -0.2) is 35.9 Å². The summed E-state index contributed by atoms with van der Waals surface area (Å²) in [6.45, 7) is 4.38. The molecule has 0 bridgehead atoms. The number of rotatable bonds is 10. The number of hydrogen-bond donors (Lipinski definition) is 1. The number of hydrogen-bond acceptors (Lipinski definition) is 3. The van der Waals surface area contributed by atoms with E-state index in [1.54, 1.807) is 12.0 Å². The Morgan fingerprint density at radius 2 is 1.58 bits per heavy atom. The summed E-state index contributed by atoms with van der Waals surface area (Å²) in [4.78, 5) is 28.1. The molecule has 5 nitrogen and oxygen atoms in total. The highest BCUT2D eigenvalue weighted by Crippen LogP contribution is 2.19. The van der Waals surface area contributed by atoms with Crippen molar-refractivity contribution in [3.63, 3.8) is 0 Å². The Hall–Kier alpha value is -2.82. The molecule has 2 amide bonds. The second kappa shape index (κ2) is 12.4. The Morgan fingerprint density at radius 1 is 0.970 bits per heavy atom. The van der Waals surface area contributed by atoms with E-state index in [4.69, 9.17) is 4.74 Å². The fourth-order valence-corrected chi connectivity index (χ4v) is 4.42. The standard InChI is InChI=1S/C28H38N2O3/c1-4-22-10-12-23(13-11-22)16-19-27(31)30(20-24-14-17-26(33-3)18-15-24)21(2)28(32)29-25-8-6-5-7-9-25/h10-15,17-18,21,25H,4-9,16,19-20H2,1-3H3,(H,29,32)/t21-/m0/s1. The molecular weight excluding hydrogens is 412 g/mol. The Morgan fingerprint density at radius 3 is 2.18 bits per heavy atom. The van der Waals surface area contributed by atoms with Crippen molar-refractivity contribution in [3.05, 3.63) is 65.2 Å². The molecule has 0 saturated heterocycles.